The van der Waals surface area contributed by atoms with Gasteiger partial charge in [-0.15, -0.1) is 0 Å². The lowest BCUT2D eigenvalue weighted by Gasteiger charge is -2.30. The topological polar surface area (TPSA) is 84.3 Å². The van der Waals surface area contributed by atoms with E-state index in [1.165, 1.54) is 4.31 Å². The molecule has 0 bridgehead atoms. The summed E-state index contributed by atoms with van der Waals surface area (Å²) < 4.78 is 28.1. The molecule has 158 valence electrons. The molecule has 0 spiro atoms. The van der Waals surface area contributed by atoms with Crippen molar-refractivity contribution in [2.75, 3.05) is 10.6 Å². The number of carbonyl (C=O) groups excluding carboxylic acids is 1. The monoisotopic (exact) mass is 426 g/mol. The van der Waals surface area contributed by atoms with Gasteiger partial charge in [-0.1, -0.05) is 42.8 Å². The maximum atomic E-state index is 13.0. The number of aromatic nitrogens is 2. The van der Waals surface area contributed by atoms with E-state index >= 15 is 0 Å². The third-order valence-electron chi connectivity index (χ3n) is 4.85. The van der Waals surface area contributed by atoms with Crippen molar-refractivity contribution in [1.82, 2.24) is 14.9 Å². The fraction of sp³-hybridized carbons (Fsp3) is 0.273. The van der Waals surface area contributed by atoms with E-state index < -0.39 is 16.1 Å². The van der Waals surface area contributed by atoms with Gasteiger partial charge in [-0.05, 0) is 37.1 Å². The van der Waals surface area contributed by atoms with Crippen LogP contribution in [-0.4, -0.2) is 36.2 Å². The van der Waals surface area contributed by atoms with Gasteiger partial charge in [0.15, 0.2) is 0 Å². The summed E-state index contributed by atoms with van der Waals surface area (Å²) in [5.41, 5.74) is 3.30. The van der Waals surface area contributed by atoms with Crippen LogP contribution in [0.2, 0.25) is 0 Å². The summed E-state index contributed by atoms with van der Waals surface area (Å²) >= 11 is 0. The molecular formula is C22H26N4O3S. The third-order valence-corrected chi connectivity index (χ3v) is 6.03. The number of carbonyl (C=O) groups is 1. The van der Waals surface area contributed by atoms with Crippen LogP contribution in [0.4, 0.5) is 5.69 Å². The Morgan fingerprint density at radius 2 is 1.87 bits per heavy atom. The molecule has 8 heteroatoms. The Morgan fingerprint density at radius 3 is 2.47 bits per heavy atom. The molecule has 0 saturated heterocycles. The second kappa shape index (κ2) is 9.13. The molecule has 7 nitrogen and oxygen atoms in total. The molecule has 0 radical (unpaired) electrons. The summed E-state index contributed by atoms with van der Waals surface area (Å²) in [6.07, 6.45) is 6.68. The van der Waals surface area contributed by atoms with E-state index in [4.69, 9.17) is 0 Å². The molecule has 1 aromatic heterocycles. The minimum Gasteiger partial charge on any atom is -0.350 e. The molecule has 3 rings (SSSR count). The zero-order chi connectivity index (χ0) is 21.7. The Balaban J connectivity index is 1.83. The number of amides is 1. The summed E-state index contributed by atoms with van der Waals surface area (Å²) in [6, 6.07) is 13.9. The van der Waals surface area contributed by atoms with Gasteiger partial charge in [0.2, 0.25) is 15.9 Å². The summed E-state index contributed by atoms with van der Waals surface area (Å²) in [5.74, 6) is -0.344. The van der Waals surface area contributed by atoms with Crippen molar-refractivity contribution in [2.45, 2.75) is 32.9 Å². The number of anilines is 1. The minimum atomic E-state index is -3.65. The van der Waals surface area contributed by atoms with E-state index in [9.17, 15) is 13.2 Å². The maximum Gasteiger partial charge on any atom is 0.244 e. The van der Waals surface area contributed by atoms with Crippen LogP contribution in [0.3, 0.4) is 0 Å². The number of nitrogens with zero attached hydrogens (tertiary/aromatic N) is 3. The average molecular weight is 427 g/mol. The number of hydrogen-bond donors (Lipinski definition) is 1. The summed E-state index contributed by atoms with van der Waals surface area (Å²) in [4.78, 5) is 17.1. The Bertz CT molecular complexity index is 1090. The van der Waals surface area contributed by atoms with Gasteiger partial charge in [0.25, 0.3) is 0 Å². The van der Waals surface area contributed by atoms with Gasteiger partial charge in [-0.2, -0.15) is 0 Å². The number of aryl methyl sites for hydroxylation is 1. The van der Waals surface area contributed by atoms with Crippen LogP contribution in [0.5, 0.6) is 0 Å². The van der Waals surface area contributed by atoms with Gasteiger partial charge in [0.1, 0.15) is 6.04 Å². The van der Waals surface area contributed by atoms with E-state index in [0.29, 0.717) is 12.1 Å². The largest absolute Gasteiger partial charge is 0.350 e. The van der Waals surface area contributed by atoms with Crippen molar-refractivity contribution in [3.05, 3.63) is 78.4 Å². The molecule has 1 amide bonds. The molecule has 0 aliphatic heterocycles. The molecule has 0 aliphatic rings. The molecule has 1 atom stereocenters. The zero-order valence-corrected chi connectivity index (χ0v) is 18.1. The molecule has 0 saturated carbocycles. The Kier molecular flexibility index (Phi) is 6.56. The molecule has 2 aromatic carbocycles. The van der Waals surface area contributed by atoms with Crippen LogP contribution in [0.15, 0.2) is 67.3 Å². The summed E-state index contributed by atoms with van der Waals surface area (Å²) in [6.45, 7) is 4.00. The summed E-state index contributed by atoms with van der Waals surface area (Å²) in [5, 5.41) is 2.91. The fourth-order valence-corrected chi connectivity index (χ4v) is 4.58. The smallest absolute Gasteiger partial charge is 0.244 e. The molecule has 0 unspecified atom stereocenters. The van der Waals surface area contributed by atoms with Crippen LogP contribution < -0.4 is 9.62 Å². The fourth-order valence-electron chi connectivity index (χ4n) is 3.37. The van der Waals surface area contributed by atoms with Gasteiger partial charge in [-0.25, -0.2) is 13.4 Å². The van der Waals surface area contributed by atoms with E-state index in [-0.39, 0.29) is 12.5 Å². The number of nitrogens with one attached hydrogen (secondary N) is 1. The standard InChI is InChI=1S/C22H26N4O3S/c1-4-20(26(30(3,28)29)19-11-9-17(2)10-12-19)22(27)24-15-18-7-5-6-8-21(18)25-14-13-23-16-25/h5-14,16,20H,4,15H2,1-3H3,(H,24,27)/t20-/m1/s1. The highest BCUT2D eigenvalue weighted by molar-refractivity contribution is 7.92. The quantitative estimate of drug-likeness (QED) is 0.600. The van der Waals surface area contributed by atoms with Gasteiger partial charge in [0.05, 0.1) is 24.0 Å². The molecule has 0 aliphatic carbocycles. The van der Waals surface area contributed by atoms with Crippen molar-refractivity contribution in [3.63, 3.8) is 0 Å². The van der Waals surface area contributed by atoms with E-state index in [0.717, 1.165) is 23.1 Å². The number of imidazole rings is 1. The normalized spacial score (nSPS) is 12.4. The lowest BCUT2D eigenvalue weighted by atomic mass is 10.1. The van der Waals surface area contributed by atoms with Crippen molar-refractivity contribution < 1.29 is 13.2 Å². The Morgan fingerprint density at radius 1 is 1.17 bits per heavy atom. The number of benzene rings is 2. The first-order chi connectivity index (χ1) is 14.3. The van der Waals surface area contributed by atoms with Gasteiger partial charge in [-0.3, -0.25) is 9.10 Å². The molecule has 1 heterocycles. The first kappa shape index (κ1) is 21.6. The van der Waals surface area contributed by atoms with Gasteiger partial charge < -0.3 is 9.88 Å². The lowest BCUT2D eigenvalue weighted by molar-refractivity contribution is -0.122. The summed E-state index contributed by atoms with van der Waals surface area (Å²) in [7, 11) is -3.65. The van der Waals surface area contributed by atoms with E-state index in [1.807, 2.05) is 54.1 Å². The predicted octanol–water partition coefficient (Wildman–Crippen LogP) is 3.04. The van der Waals surface area contributed by atoms with Crippen LogP contribution >= 0.6 is 0 Å². The van der Waals surface area contributed by atoms with Crippen molar-refractivity contribution in [1.29, 1.82) is 0 Å². The lowest BCUT2D eigenvalue weighted by Crippen LogP contribution is -2.49. The Labute approximate surface area is 177 Å². The van der Waals surface area contributed by atoms with Crippen LogP contribution in [0.25, 0.3) is 5.69 Å². The molecule has 3 aromatic rings. The number of hydrogen-bond acceptors (Lipinski definition) is 4. The second-order valence-electron chi connectivity index (χ2n) is 7.13. The molecular weight excluding hydrogens is 400 g/mol. The van der Waals surface area contributed by atoms with E-state index in [1.54, 1.807) is 31.6 Å². The van der Waals surface area contributed by atoms with Gasteiger partial charge >= 0.3 is 0 Å². The number of sulfonamides is 1. The van der Waals surface area contributed by atoms with Gasteiger partial charge in [0, 0.05) is 18.9 Å². The molecule has 0 fully saturated rings. The average Bonchev–Trinajstić information content (AvgIpc) is 3.25. The van der Waals surface area contributed by atoms with Crippen LogP contribution in [-0.2, 0) is 21.4 Å². The maximum absolute atomic E-state index is 13.0. The van der Waals surface area contributed by atoms with E-state index in [2.05, 4.69) is 10.3 Å². The third kappa shape index (κ3) is 4.88. The predicted molar refractivity (Wildman–Crippen MR) is 118 cm³/mol. The van der Waals surface area contributed by atoms with Crippen LogP contribution in [0, 0.1) is 6.92 Å². The zero-order valence-electron chi connectivity index (χ0n) is 17.3. The molecule has 1 N–H and O–H groups in total. The minimum absolute atomic E-state index is 0.273. The Hall–Kier alpha value is -3.13. The number of para-hydroxylation sites is 1. The highest BCUT2D eigenvalue weighted by atomic mass is 32.2. The highest BCUT2D eigenvalue weighted by Crippen LogP contribution is 2.23. The van der Waals surface area contributed by atoms with Crippen molar-refractivity contribution in [2.24, 2.45) is 0 Å². The SMILES string of the molecule is CC[C@H](C(=O)NCc1ccccc1-n1ccnc1)N(c1ccc(C)cc1)S(C)(=O)=O. The van der Waals surface area contributed by atoms with Crippen molar-refractivity contribution in [3.8, 4) is 5.69 Å². The second-order valence-corrected chi connectivity index (χ2v) is 8.99. The highest BCUT2D eigenvalue weighted by Gasteiger charge is 2.31. The first-order valence-corrected chi connectivity index (χ1v) is 11.6. The molecule has 30 heavy (non-hydrogen) atoms. The van der Waals surface area contributed by atoms with Crippen LogP contribution in [0.1, 0.15) is 24.5 Å². The van der Waals surface area contributed by atoms with Crippen molar-refractivity contribution >= 4 is 21.6 Å². The first-order valence-electron chi connectivity index (χ1n) is 9.71. The number of rotatable bonds is 8.